The molecular weight excluding hydrogens is 238 g/mol. The summed E-state index contributed by atoms with van der Waals surface area (Å²) in [5.41, 5.74) is 8.06. The zero-order chi connectivity index (χ0) is 13.2. The summed E-state index contributed by atoms with van der Waals surface area (Å²) in [7, 11) is 0. The van der Waals surface area contributed by atoms with Crippen LogP contribution < -0.4 is 11.1 Å². The molecule has 100 valence electrons. The number of nitrogens with one attached hydrogen (secondary N) is 1. The van der Waals surface area contributed by atoms with Crippen molar-refractivity contribution < 1.29 is 4.79 Å². The molecule has 3 N–H and O–H groups in total. The lowest BCUT2D eigenvalue weighted by molar-refractivity contribution is -0.121. The molecule has 0 radical (unpaired) electrons. The quantitative estimate of drug-likeness (QED) is 0.857. The highest BCUT2D eigenvalue weighted by atomic mass is 16.1. The van der Waals surface area contributed by atoms with Crippen molar-refractivity contribution in [2.24, 2.45) is 5.73 Å². The summed E-state index contributed by atoms with van der Waals surface area (Å²) in [6, 6.07) is 8.63. The van der Waals surface area contributed by atoms with Crippen LogP contribution in [-0.2, 0) is 17.9 Å². The first-order valence-corrected chi connectivity index (χ1v) is 6.84. The molecule has 1 heterocycles. The summed E-state index contributed by atoms with van der Waals surface area (Å²) in [6.07, 6.45) is 4.86. The van der Waals surface area contributed by atoms with Crippen LogP contribution in [-0.4, -0.2) is 16.5 Å². The number of carbonyl (C=O) groups is 1. The third-order valence-corrected chi connectivity index (χ3v) is 3.61. The van der Waals surface area contributed by atoms with E-state index in [9.17, 15) is 4.79 Å². The number of fused-ring (bicyclic) bond motifs is 1. The molecule has 4 heteroatoms. The third-order valence-electron chi connectivity index (χ3n) is 3.61. The summed E-state index contributed by atoms with van der Waals surface area (Å²) in [6.45, 7) is 1.24. The number of nitrogens with zero attached hydrogens (tertiary/aromatic N) is 1. The Bertz CT molecular complexity index is 598. The van der Waals surface area contributed by atoms with Gasteiger partial charge in [0.1, 0.15) is 0 Å². The lowest BCUT2D eigenvalue weighted by Gasteiger charge is -2.06. The van der Waals surface area contributed by atoms with Crippen molar-refractivity contribution in [1.82, 2.24) is 9.88 Å². The van der Waals surface area contributed by atoms with Gasteiger partial charge < -0.3 is 15.6 Å². The first-order valence-electron chi connectivity index (χ1n) is 6.84. The van der Waals surface area contributed by atoms with Gasteiger partial charge in [-0.2, -0.15) is 0 Å². The molecule has 3 rings (SSSR count). The van der Waals surface area contributed by atoms with Crippen LogP contribution in [0.25, 0.3) is 10.9 Å². The first-order chi connectivity index (χ1) is 9.28. The summed E-state index contributed by atoms with van der Waals surface area (Å²) in [4.78, 5) is 11.7. The van der Waals surface area contributed by atoms with Crippen molar-refractivity contribution >= 4 is 16.8 Å². The van der Waals surface area contributed by atoms with Gasteiger partial charge in [0.05, 0.1) is 0 Å². The number of nitrogens with two attached hydrogens (primary N) is 1. The van der Waals surface area contributed by atoms with Gasteiger partial charge in [-0.15, -0.1) is 0 Å². The van der Waals surface area contributed by atoms with Crippen LogP contribution in [0, 0.1) is 0 Å². The van der Waals surface area contributed by atoms with Gasteiger partial charge in [0.25, 0.3) is 0 Å². The fraction of sp³-hybridized carbons (Fsp3) is 0.400. The molecule has 0 aliphatic heterocycles. The zero-order valence-electron chi connectivity index (χ0n) is 10.9. The van der Waals surface area contributed by atoms with Crippen LogP contribution in [0.5, 0.6) is 0 Å². The maximum atomic E-state index is 11.7. The number of hydrogen-bond acceptors (Lipinski definition) is 2. The Morgan fingerprint density at radius 1 is 1.37 bits per heavy atom. The van der Waals surface area contributed by atoms with Gasteiger partial charge in [-0.25, -0.2) is 0 Å². The molecule has 1 saturated carbocycles. The molecule has 0 atom stereocenters. The van der Waals surface area contributed by atoms with Crippen LogP contribution in [0.4, 0.5) is 0 Å². The maximum absolute atomic E-state index is 11.7. The lowest BCUT2D eigenvalue weighted by Crippen LogP contribution is -2.26. The Balaban J connectivity index is 1.74. The Labute approximate surface area is 112 Å². The Morgan fingerprint density at radius 2 is 2.16 bits per heavy atom. The van der Waals surface area contributed by atoms with Crippen molar-refractivity contribution in [3.05, 3.63) is 36.0 Å². The number of amides is 1. The molecule has 1 aliphatic rings. The molecule has 1 aromatic carbocycles. The minimum atomic E-state index is 0.148. The topological polar surface area (TPSA) is 60.0 Å². The molecule has 1 fully saturated rings. The van der Waals surface area contributed by atoms with Gasteiger partial charge in [-0.1, -0.05) is 18.2 Å². The van der Waals surface area contributed by atoms with Crippen molar-refractivity contribution in [2.75, 3.05) is 0 Å². The van der Waals surface area contributed by atoms with Crippen molar-refractivity contribution in [3.8, 4) is 0 Å². The molecule has 19 heavy (non-hydrogen) atoms. The second-order valence-corrected chi connectivity index (χ2v) is 5.16. The number of carbonyl (C=O) groups excluding carboxylic acids is 1. The summed E-state index contributed by atoms with van der Waals surface area (Å²) in [5.74, 6) is 0.148. The van der Waals surface area contributed by atoms with E-state index in [1.165, 1.54) is 5.39 Å². The molecule has 1 aromatic heterocycles. The molecule has 0 saturated heterocycles. The fourth-order valence-corrected chi connectivity index (χ4v) is 2.42. The minimum Gasteiger partial charge on any atom is -0.353 e. The second-order valence-electron chi connectivity index (χ2n) is 5.16. The predicted molar refractivity (Wildman–Crippen MR) is 75.6 cm³/mol. The number of para-hydroxylation sites is 1. The molecule has 0 bridgehead atoms. The Hall–Kier alpha value is -1.81. The highest BCUT2D eigenvalue weighted by molar-refractivity contribution is 5.84. The highest BCUT2D eigenvalue weighted by Gasteiger charge is 2.22. The van der Waals surface area contributed by atoms with Crippen molar-refractivity contribution in [1.29, 1.82) is 0 Å². The number of benzene rings is 1. The molecule has 1 aliphatic carbocycles. The standard InChI is InChI=1S/C15H19N3O/c16-9-11-10-18(14-4-2-1-3-13(11)14)8-7-15(19)17-12-5-6-12/h1-4,10,12H,5-9,16H2,(H,17,19). The number of aryl methyl sites for hydroxylation is 1. The van der Waals surface area contributed by atoms with E-state index in [1.807, 2.05) is 12.1 Å². The normalized spacial score (nSPS) is 14.8. The summed E-state index contributed by atoms with van der Waals surface area (Å²) < 4.78 is 2.13. The molecule has 2 aromatic rings. The zero-order valence-corrected chi connectivity index (χ0v) is 10.9. The van der Waals surface area contributed by atoms with Gasteiger partial charge in [0.2, 0.25) is 5.91 Å². The van der Waals surface area contributed by atoms with E-state index < -0.39 is 0 Å². The van der Waals surface area contributed by atoms with Crippen LogP contribution in [0.15, 0.2) is 30.5 Å². The monoisotopic (exact) mass is 257 g/mol. The number of rotatable bonds is 5. The van der Waals surface area contributed by atoms with Gasteiger partial charge in [0.15, 0.2) is 0 Å². The maximum Gasteiger partial charge on any atom is 0.222 e. The molecule has 4 nitrogen and oxygen atoms in total. The Kier molecular flexibility index (Phi) is 3.25. The largest absolute Gasteiger partial charge is 0.353 e. The predicted octanol–water partition coefficient (Wildman–Crippen LogP) is 1.77. The van der Waals surface area contributed by atoms with Crippen molar-refractivity contribution in [2.45, 2.75) is 38.4 Å². The third kappa shape index (κ3) is 2.63. The lowest BCUT2D eigenvalue weighted by atomic mass is 10.2. The van der Waals surface area contributed by atoms with Crippen LogP contribution in [0.2, 0.25) is 0 Å². The van der Waals surface area contributed by atoms with Crippen LogP contribution in [0.1, 0.15) is 24.8 Å². The summed E-state index contributed by atoms with van der Waals surface area (Å²) >= 11 is 0. The van der Waals surface area contributed by atoms with Crippen LogP contribution >= 0.6 is 0 Å². The van der Waals surface area contributed by atoms with Gasteiger partial charge in [0, 0.05) is 42.7 Å². The fourth-order valence-electron chi connectivity index (χ4n) is 2.42. The van der Waals surface area contributed by atoms with E-state index in [0.717, 1.165) is 23.9 Å². The first kappa shape index (κ1) is 12.2. The van der Waals surface area contributed by atoms with E-state index in [1.54, 1.807) is 0 Å². The number of aromatic nitrogens is 1. The van der Waals surface area contributed by atoms with Gasteiger partial charge >= 0.3 is 0 Å². The van der Waals surface area contributed by atoms with E-state index >= 15 is 0 Å². The van der Waals surface area contributed by atoms with Gasteiger partial charge in [-0.3, -0.25) is 4.79 Å². The Morgan fingerprint density at radius 3 is 2.89 bits per heavy atom. The second kappa shape index (κ2) is 5.05. The van der Waals surface area contributed by atoms with Crippen LogP contribution in [0.3, 0.4) is 0 Å². The highest BCUT2D eigenvalue weighted by Crippen LogP contribution is 2.22. The molecule has 1 amide bonds. The molecular formula is C15H19N3O. The van der Waals surface area contributed by atoms with E-state index in [4.69, 9.17) is 5.73 Å². The number of hydrogen-bond donors (Lipinski definition) is 2. The smallest absolute Gasteiger partial charge is 0.222 e. The van der Waals surface area contributed by atoms with Gasteiger partial charge in [-0.05, 0) is 24.5 Å². The average molecular weight is 257 g/mol. The van der Waals surface area contributed by atoms with E-state index in [2.05, 4.69) is 28.2 Å². The molecule has 0 spiro atoms. The van der Waals surface area contributed by atoms with E-state index in [0.29, 0.717) is 25.6 Å². The minimum absolute atomic E-state index is 0.148. The summed E-state index contributed by atoms with van der Waals surface area (Å²) in [5, 5.41) is 4.20. The molecule has 0 unspecified atom stereocenters. The average Bonchev–Trinajstić information content (AvgIpc) is 3.16. The SMILES string of the molecule is NCc1cn(CCC(=O)NC2CC2)c2ccccc12. The van der Waals surface area contributed by atoms with Crippen molar-refractivity contribution in [3.63, 3.8) is 0 Å². The van der Waals surface area contributed by atoms with E-state index in [-0.39, 0.29) is 5.91 Å².